The number of sulfone groups is 1. The highest BCUT2D eigenvalue weighted by Crippen LogP contribution is 2.54. The minimum atomic E-state index is -4.11. The number of aryl methyl sites for hydroxylation is 2. The lowest BCUT2D eigenvalue weighted by Gasteiger charge is -2.36. The first-order valence-electron chi connectivity index (χ1n) is 20.4. The van der Waals surface area contributed by atoms with Crippen LogP contribution in [0.25, 0.3) is 27.6 Å². The zero-order valence-electron chi connectivity index (χ0n) is 36.0. The monoisotopic (exact) mass is 751 g/mol. The topological polar surface area (TPSA) is 73.5 Å². The standard InChI is InChI=1S/C48H51N3O3S/c1-26(2)30-19-31(44-50-48(12)37-16-15-27(3)29(5)36(37)25-47(48,11)54-44)21-33(20-30)55(52,53)41-24-40-38(18-28(41)4)46(9,10)39-23-32(45(6,7)8)22-35-34-14-13-17-49-43(34)51(40)42(35)39/h13-24,26H,25H2,1-12H3/t47-,48+/m0/s1/i25D2. The maximum atomic E-state index is 15.2. The zero-order chi connectivity index (χ0) is 41.2. The van der Waals surface area contributed by atoms with Crippen molar-refractivity contribution in [3.8, 4) is 5.69 Å². The van der Waals surface area contributed by atoms with Crippen LogP contribution in [0, 0.1) is 20.8 Å². The molecule has 3 aliphatic rings. The Morgan fingerprint density at radius 2 is 1.62 bits per heavy atom. The summed E-state index contributed by atoms with van der Waals surface area (Å²) in [6.07, 6.45) is -0.0543. The number of rotatable bonds is 4. The first-order valence-corrected chi connectivity index (χ1v) is 20.8. The molecular weight excluding hydrogens is 699 g/mol. The van der Waals surface area contributed by atoms with Gasteiger partial charge in [-0.05, 0) is 138 Å². The molecule has 282 valence electrons. The van der Waals surface area contributed by atoms with Crippen LogP contribution in [0.2, 0.25) is 0 Å². The number of aromatic nitrogens is 2. The van der Waals surface area contributed by atoms with Gasteiger partial charge in [0.25, 0.3) is 0 Å². The molecule has 0 saturated carbocycles. The van der Waals surface area contributed by atoms with Crippen LogP contribution < -0.4 is 0 Å². The highest BCUT2D eigenvalue weighted by atomic mass is 32.2. The third-order valence-corrected chi connectivity index (χ3v) is 14.9. The van der Waals surface area contributed by atoms with Gasteiger partial charge in [-0.25, -0.2) is 18.4 Å². The molecule has 0 fully saturated rings. The minimum Gasteiger partial charge on any atom is -0.468 e. The first-order chi connectivity index (χ1) is 26.4. The number of hydrogen-bond acceptors (Lipinski definition) is 5. The van der Waals surface area contributed by atoms with E-state index >= 15 is 8.42 Å². The molecule has 0 radical (unpaired) electrons. The average molecular weight is 752 g/mol. The number of benzene rings is 4. The Kier molecular flexibility index (Phi) is 6.83. The van der Waals surface area contributed by atoms with Crippen molar-refractivity contribution in [2.75, 3.05) is 0 Å². The number of ether oxygens (including phenoxy) is 1. The van der Waals surface area contributed by atoms with Crippen LogP contribution in [-0.4, -0.2) is 29.5 Å². The van der Waals surface area contributed by atoms with Crippen molar-refractivity contribution in [3.05, 3.63) is 129 Å². The molecule has 9 rings (SSSR count). The number of aliphatic imine (C=N–C) groups is 1. The largest absolute Gasteiger partial charge is 0.468 e. The van der Waals surface area contributed by atoms with E-state index in [1.807, 2.05) is 71.9 Å². The lowest BCUT2D eigenvalue weighted by Crippen LogP contribution is -2.41. The van der Waals surface area contributed by atoms with E-state index in [1.54, 1.807) is 25.3 Å². The van der Waals surface area contributed by atoms with Crippen LogP contribution in [0.15, 0.2) is 87.7 Å². The van der Waals surface area contributed by atoms with Crippen molar-refractivity contribution >= 4 is 37.7 Å². The summed E-state index contributed by atoms with van der Waals surface area (Å²) in [5.74, 6) is 0.240. The van der Waals surface area contributed by atoms with Crippen molar-refractivity contribution in [2.24, 2.45) is 4.99 Å². The molecule has 2 aromatic heterocycles. The van der Waals surface area contributed by atoms with Gasteiger partial charge in [-0.15, -0.1) is 0 Å². The molecule has 55 heavy (non-hydrogen) atoms. The molecule has 6 nitrogen and oxygen atoms in total. The Hall–Kier alpha value is -4.75. The summed E-state index contributed by atoms with van der Waals surface area (Å²) >= 11 is 0. The van der Waals surface area contributed by atoms with E-state index in [9.17, 15) is 2.74 Å². The molecule has 0 amide bonds. The smallest absolute Gasteiger partial charge is 0.217 e. The molecule has 4 aromatic carbocycles. The molecule has 7 heteroatoms. The molecule has 4 heterocycles. The van der Waals surface area contributed by atoms with Gasteiger partial charge in [-0.3, -0.25) is 4.57 Å². The van der Waals surface area contributed by atoms with Gasteiger partial charge in [-0.2, -0.15) is 0 Å². The van der Waals surface area contributed by atoms with E-state index in [4.69, 9.17) is 14.7 Å². The molecule has 6 aromatic rings. The van der Waals surface area contributed by atoms with Crippen molar-refractivity contribution in [2.45, 2.75) is 127 Å². The predicted molar refractivity (Wildman–Crippen MR) is 223 cm³/mol. The molecule has 2 aliphatic heterocycles. The summed E-state index contributed by atoms with van der Waals surface area (Å²) in [6.45, 7) is 24.8. The second kappa shape index (κ2) is 11.2. The van der Waals surface area contributed by atoms with Gasteiger partial charge in [-0.1, -0.05) is 72.7 Å². The Balaban J connectivity index is 1.24. The molecule has 0 saturated heterocycles. The fourth-order valence-corrected chi connectivity index (χ4v) is 10.7. The van der Waals surface area contributed by atoms with Crippen LogP contribution in [0.3, 0.4) is 0 Å². The van der Waals surface area contributed by atoms with Gasteiger partial charge in [0, 0.05) is 37.1 Å². The van der Waals surface area contributed by atoms with Crippen molar-refractivity contribution < 1.29 is 15.9 Å². The summed E-state index contributed by atoms with van der Waals surface area (Å²) in [7, 11) is -4.11. The normalized spacial score (nSPS) is 22.6. The van der Waals surface area contributed by atoms with E-state index in [0.29, 0.717) is 16.7 Å². The molecule has 0 N–H and O–H groups in total. The van der Waals surface area contributed by atoms with E-state index in [1.165, 1.54) is 11.1 Å². The van der Waals surface area contributed by atoms with Crippen LogP contribution >= 0.6 is 0 Å². The van der Waals surface area contributed by atoms with Crippen LogP contribution in [-0.2, 0) is 37.3 Å². The summed E-state index contributed by atoms with van der Waals surface area (Å²) in [5.41, 5.74) is 8.58. The fraction of sp³-hybridized carbons (Fsp3) is 0.375. The van der Waals surface area contributed by atoms with Gasteiger partial charge >= 0.3 is 0 Å². The third kappa shape index (κ3) is 4.81. The lowest BCUT2D eigenvalue weighted by atomic mass is 9.72. The Bertz CT molecular complexity index is 2930. The fourth-order valence-electron chi connectivity index (χ4n) is 9.11. The van der Waals surface area contributed by atoms with E-state index < -0.39 is 32.8 Å². The zero-order valence-corrected chi connectivity index (χ0v) is 34.8. The minimum absolute atomic E-state index is 0.00474. The predicted octanol–water partition coefficient (Wildman–Crippen LogP) is 11.0. The van der Waals surface area contributed by atoms with Crippen LogP contribution in [0.5, 0.6) is 0 Å². The molecule has 0 spiro atoms. The highest BCUT2D eigenvalue weighted by molar-refractivity contribution is 7.91. The van der Waals surface area contributed by atoms with Gasteiger partial charge in [0.05, 0.1) is 21.0 Å². The molecule has 2 atom stereocenters. The second-order valence-electron chi connectivity index (χ2n) is 18.3. The van der Waals surface area contributed by atoms with E-state index in [2.05, 4.69) is 63.5 Å². The maximum absolute atomic E-state index is 15.2. The van der Waals surface area contributed by atoms with Gasteiger partial charge in [0.15, 0.2) is 0 Å². The summed E-state index contributed by atoms with van der Waals surface area (Å²) in [6, 6.07) is 21.9. The summed E-state index contributed by atoms with van der Waals surface area (Å²) < 4.78 is 58.1. The molecular formula is C48H51N3O3S. The van der Waals surface area contributed by atoms with Crippen molar-refractivity contribution in [1.29, 1.82) is 0 Å². The Morgan fingerprint density at radius 1 is 0.873 bits per heavy atom. The Labute approximate surface area is 328 Å². The number of pyridine rings is 1. The van der Waals surface area contributed by atoms with E-state index in [-0.39, 0.29) is 27.0 Å². The molecule has 1 aliphatic carbocycles. The average Bonchev–Trinajstić information content (AvgIpc) is 3.67. The lowest BCUT2D eigenvalue weighted by molar-refractivity contribution is 0.0475. The first kappa shape index (κ1) is 33.6. The maximum Gasteiger partial charge on any atom is 0.217 e. The van der Waals surface area contributed by atoms with Crippen LogP contribution in [0.4, 0.5) is 0 Å². The van der Waals surface area contributed by atoms with Gasteiger partial charge in [0.1, 0.15) is 16.8 Å². The SMILES string of the molecule is [2H]C1([2H])c2c(ccc(C)c2C)[C@@]2(C)N=C(c3cc(C(C)C)cc(S(=O)(=O)c4cc5c(cc4C)C(C)(C)c4cc(C(C)(C)C)cc6c7cccnc7n-5c46)c3)O[C@@]12C. The molecule has 0 unspecified atom stereocenters. The summed E-state index contributed by atoms with van der Waals surface area (Å²) in [5, 5.41) is 2.14. The summed E-state index contributed by atoms with van der Waals surface area (Å²) in [4.78, 5) is 10.4. The second-order valence-corrected chi connectivity index (χ2v) is 20.2. The third-order valence-electron chi connectivity index (χ3n) is 13.0. The number of hydrogen-bond donors (Lipinski definition) is 0. The van der Waals surface area contributed by atoms with E-state index in [0.717, 1.165) is 55.4 Å². The van der Waals surface area contributed by atoms with Gasteiger partial charge < -0.3 is 4.74 Å². The van der Waals surface area contributed by atoms with Crippen molar-refractivity contribution in [3.63, 3.8) is 0 Å². The molecule has 0 bridgehead atoms. The van der Waals surface area contributed by atoms with Gasteiger partial charge in [0.2, 0.25) is 15.7 Å². The highest BCUT2D eigenvalue weighted by Gasteiger charge is 2.59. The van der Waals surface area contributed by atoms with Crippen LogP contribution in [0.1, 0.15) is 127 Å². The van der Waals surface area contributed by atoms with Crippen molar-refractivity contribution in [1.82, 2.24) is 9.55 Å². The quantitative estimate of drug-likeness (QED) is 0.180. The number of nitrogens with zero attached hydrogens (tertiary/aromatic N) is 3. The Morgan fingerprint density at radius 3 is 2.33 bits per heavy atom. The number of fused-ring (bicyclic) bond motifs is 8.